The van der Waals surface area contributed by atoms with Crippen molar-refractivity contribution in [2.45, 2.75) is 58.3 Å². The summed E-state index contributed by atoms with van der Waals surface area (Å²) in [6, 6.07) is 5.72. The Balaban J connectivity index is 2.18. The van der Waals surface area contributed by atoms with Crippen LogP contribution >= 0.6 is 9.24 Å². The first-order chi connectivity index (χ1) is 8.25. The molecule has 0 amide bonds. The van der Waals surface area contributed by atoms with Gasteiger partial charge in [0.25, 0.3) is 0 Å². The lowest BCUT2D eigenvalue weighted by Crippen LogP contribution is -2.01. The molecular formula is C15H25OP. The Labute approximate surface area is 108 Å². The van der Waals surface area contributed by atoms with Gasteiger partial charge in [0.15, 0.2) is 0 Å². The first kappa shape index (κ1) is 14.5. The second-order valence-corrected chi connectivity index (χ2v) is 5.34. The second-order valence-electron chi connectivity index (χ2n) is 4.72. The van der Waals surface area contributed by atoms with Gasteiger partial charge in [-0.25, -0.2) is 0 Å². The summed E-state index contributed by atoms with van der Waals surface area (Å²) in [5, 5.41) is 10.9. The minimum absolute atomic E-state index is 0.448. The van der Waals surface area contributed by atoms with E-state index in [0.717, 1.165) is 17.3 Å². The number of benzene rings is 1. The fourth-order valence-corrected chi connectivity index (χ4v) is 2.53. The summed E-state index contributed by atoms with van der Waals surface area (Å²) in [5.74, 6) is 0.448. The SMILES string of the molecule is CCCCCCCCCc1c(O)cccc1P. The number of hydrogen-bond acceptors (Lipinski definition) is 1. The van der Waals surface area contributed by atoms with E-state index in [9.17, 15) is 5.11 Å². The van der Waals surface area contributed by atoms with Crippen LogP contribution in [0, 0.1) is 0 Å². The highest BCUT2D eigenvalue weighted by molar-refractivity contribution is 7.27. The topological polar surface area (TPSA) is 20.2 Å². The quantitative estimate of drug-likeness (QED) is 0.543. The highest BCUT2D eigenvalue weighted by Crippen LogP contribution is 2.19. The second kappa shape index (κ2) is 8.53. The van der Waals surface area contributed by atoms with Gasteiger partial charge in [-0.05, 0) is 24.2 Å². The van der Waals surface area contributed by atoms with E-state index in [-0.39, 0.29) is 0 Å². The van der Waals surface area contributed by atoms with Gasteiger partial charge < -0.3 is 5.11 Å². The Hall–Kier alpha value is -0.550. The number of hydrogen-bond donors (Lipinski definition) is 1. The molecule has 1 N–H and O–H groups in total. The lowest BCUT2D eigenvalue weighted by atomic mass is 10.0. The summed E-state index contributed by atoms with van der Waals surface area (Å²) < 4.78 is 0. The number of phenols is 1. The van der Waals surface area contributed by atoms with Gasteiger partial charge in [0.2, 0.25) is 0 Å². The molecule has 1 nitrogen and oxygen atoms in total. The molecule has 0 fully saturated rings. The molecule has 0 heterocycles. The summed E-state index contributed by atoms with van der Waals surface area (Å²) in [6.07, 6.45) is 10.2. The van der Waals surface area contributed by atoms with Crippen molar-refractivity contribution < 1.29 is 5.11 Å². The first-order valence-electron chi connectivity index (χ1n) is 6.82. The van der Waals surface area contributed by atoms with Gasteiger partial charge in [-0.3, -0.25) is 0 Å². The van der Waals surface area contributed by atoms with Gasteiger partial charge in [-0.2, -0.15) is 0 Å². The van der Waals surface area contributed by atoms with Gasteiger partial charge in [0.1, 0.15) is 5.75 Å². The predicted octanol–water partition coefficient (Wildman–Crippen LogP) is 4.19. The monoisotopic (exact) mass is 252 g/mol. The number of phenolic OH excluding ortho intramolecular Hbond substituents is 1. The van der Waals surface area contributed by atoms with Crippen molar-refractivity contribution in [3.8, 4) is 5.75 Å². The summed E-state index contributed by atoms with van der Waals surface area (Å²) in [5.41, 5.74) is 1.10. The average molecular weight is 252 g/mol. The minimum atomic E-state index is 0.448. The molecule has 0 saturated heterocycles. The van der Waals surface area contributed by atoms with Crippen molar-refractivity contribution in [2.24, 2.45) is 0 Å². The Morgan fingerprint density at radius 3 is 2.29 bits per heavy atom. The van der Waals surface area contributed by atoms with Gasteiger partial charge >= 0.3 is 0 Å². The van der Waals surface area contributed by atoms with Crippen LogP contribution < -0.4 is 5.30 Å². The van der Waals surface area contributed by atoms with Crippen molar-refractivity contribution in [2.75, 3.05) is 0 Å². The molecule has 0 aliphatic carbocycles. The fourth-order valence-electron chi connectivity index (χ4n) is 2.12. The van der Waals surface area contributed by atoms with E-state index in [0.29, 0.717) is 5.75 Å². The maximum absolute atomic E-state index is 9.75. The van der Waals surface area contributed by atoms with E-state index in [1.807, 2.05) is 12.1 Å². The van der Waals surface area contributed by atoms with Crippen molar-refractivity contribution in [1.82, 2.24) is 0 Å². The molecule has 17 heavy (non-hydrogen) atoms. The van der Waals surface area contributed by atoms with E-state index in [1.54, 1.807) is 6.07 Å². The Morgan fingerprint density at radius 2 is 1.65 bits per heavy atom. The molecule has 1 aromatic carbocycles. The third-order valence-electron chi connectivity index (χ3n) is 3.22. The van der Waals surface area contributed by atoms with Gasteiger partial charge in [-0.1, -0.05) is 57.6 Å². The summed E-state index contributed by atoms with van der Waals surface area (Å²) >= 11 is 0. The maximum Gasteiger partial charge on any atom is 0.119 e. The Morgan fingerprint density at radius 1 is 1.00 bits per heavy atom. The molecule has 1 atom stereocenters. The molecule has 1 rings (SSSR count). The van der Waals surface area contributed by atoms with Crippen LogP contribution in [0.5, 0.6) is 5.75 Å². The number of unbranched alkanes of at least 4 members (excludes halogenated alkanes) is 6. The van der Waals surface area contributed by atoms with E-state index in [4.69, 9.17) is 0 Å². The highest BCUT2D eigenvalue weighted by Gasteiger charge is 2.03. The first-order valence-corrected chi connectivity index (χ1v) is 7.39. The van der Waals surface area contributed by atoms with E-state index < -0.39 is 0 Å². The highest BCUT2D eigenvalue weighted by atomic mass is 31.0. The Kier molecular flexibility index (Phi) is 7.28. The van der Waals surface area contributed by atoms with Crippen LogP contribution in [0.25, 0.3) is 0 Å². The number of aromatic hydroxyl groups is 1. The van der Waals surface area contributed by atoms with Crippen LogP contribution in [0.2, 0.25) is 0 Å². The molecule has 0 bridgehead atoms. The van der Waals surface area contributed by atoms with Crippen LogP contribution in [0.15, 0.2) is 18.2 Å². The molecule has 0 aliphatic heterocycles. The van der Waals surface area contributed by atoms with Crippen LogP contribution in [0.3, 0.4) is 0 Å². The molecule has 2 heteroatoms. The molecule has 0 aromatic heterocycles. The molecule has 0 spiro atoms. The summed E-state index contributed by atoms with van der Waals surface area (Å²) in [7, 11) is 2.71. The molecule has 1 aromatic rings. The van der Waals surface area contributed by atoms with Gasteiger partial charge in [0, 0.05) is 5.56 Å². The molecular weight excluding hydrogens is 227 g/mol. The normalized spacial score (nSPS) is 10.7. The largest absolute Gasteiger partial charge is 0.508 e. The molecule has 96 valence electrons. The molecule has 1 unspecified atom stereocenters. The third-order valence-corrected chi connectivity index (χ3v) is 3.76. The number of rotatable bonds is 8. The lowest BCUT2D eigenvalue weighted by Gasteiger charge is -2.07. The summed E-state index contributed by atoms with van der Waals surface area (Å²) in [6.45, 7) is 2.25. The van der Waals surface area contributed by atoms with Crippen LogP contribution in [-0.2, 0) is 6.42 Å². The predicted molar refractivity (Wildman–Crippen MR) is 79.1 cm³/mol. The maximum atomic E-state index is 9.75. The molecule has 0 aliphatic rings. The standard InChI is InChI=1S/C15H25OP/c1-2-3-4-5-6-7-8-10-13-14(16)11-9-12-15(13)17/h9,11-12,16H,2-8,10,17H2,1H3. The fraction of sp³-hybridized carbons (Fsp3) is 0.600. The molecule has 0 radical (unpaired) electrons. The van der Waals surface area contributed by atoms with Gasteiger partial charge in [0.05, 0.1) is 0 Å². The van der Waals surface area contributed by atoms with Crippen molar-refractivity contribution >= 4 is 14.5 Å². The zero-order valence-corrected chi connectivity index (χ0v) is 12.1. The van der Waals surface area contributed by atoms with Gasteiger partial charge in [-0.15, -0.1) is 9.24 Å². The van der Waals surface area contributed by atoms with Crippen LogP contribution in [0.4, 0.5) is 0 Å². The zero-order valence-electron chi connectivity index (χ0n) is 10.9. The van der Waals surface area contributed by atoms with Crippen molar-refractivity contribution in [3.05, 3.63) is 23.8 Å². The summed E-state index contributed by atoms with van der Waals surface area (Å²) in [4.78, 5) is 0. The average Bonchev–Trinajstić information content (AvgIpc) is 2.31. The van der Waals surface area contributed by atoms with E-state index >= 15 is 0 Å². The smallest absolute Gasteiger partial charge is 0.119 e. The zero-order chi connectivity index (χ0) is 12.5. The lowest BCUT2D eigenvalue weighted by molar-refractivity contribution is 0.467. The molecule has 0 saturated carbocycles. The third kappa shape index (κ3) is 5.55. The van der Waals surface area contributed by atoms with Crippen molar-refractivity contribution in [3.63, 3.8) is 0 Å². The van der Waals surface area contributed by atoms with E-state index in [2.05, 4.69) is 16.2 Å². The van der Waals surface area contributed by atoms with Crippen molar-refractivity contribution in [1.29, 1.82) is 0 Å². The van der Waals surface area contributed by atoms with Crippen LogP contribution in [0.1, 0.15) is 57.4 Å². The Bertz CT molecular complexity index is 302. The van der Waals surface area contributed by atoms with Crippen LogP contribution in [-0.4, -0.2) is 5.11 Å². The minimum Gasteiger partial charge on any atom is -0.508 e. The van der Waals surface area contributed by atoms with E-state index in [1.165, 1.54) is 44.9 Å².